The number of fused-ring (bicyclic) bond motifs is 1. The van der Waals surface area contributed by atoms with Crippen molar-refractivity contribution in [1.29, 1.82) is 0 Å². The van der Waals surface area contributed by atoms with Gasteiger partial charge in [0.25, 0.3) is 0 Å². The zero-order valence-electron chi connectivity index (χ0n) is 15.9. The van der Waals surface area contributed by atoms with Crippen LogP contribution in [0.3, 0.4) is 0 Å². The van der Waals surface area contributed by atoms with Gasteiger partial charge in [-0.25, -0.2) is 0 Å². The zero-order chi connectivity index (χ0) is 17.2. The molecule has 1 saturated carbocycles. The summed E-state index contributed by atoms with van der Waals surface area (Å²) in [6.45, 7) is 15.3. The molecule has 3 N–H and O–H groups in total. The van der Waals surface area contributed by atoms with Gasteiger partial charge in [0.15, 0.2) is 0 Å². The van der Waals surface area contributed by atoms with Crippen molar-refractivity contribution in [3.05, 3.63) is 11.6 Å². The first kappa shape index (κ1) is 18.4. The number of aliphatic hydroxyl groups is 1. The van der Waals surface area contributed by atoms with Crippen molar-refractivity contribution in [3.63, 3.8) is 0 Å². The van der Waals surface area contributed by atoms with Gasteiger partial charge in [-0.05, 0) is 42.1 Å². The van der Waals surface area contributed by atoms with Gasteiger partial charge < -0.3 is 19.6 Å². The van der Waals surface area contributed by atoms with E-state index in [2.05, 4.69) is 26.8 Å². The van der Waals surface area contributed by atoms with Gasteiger partial charge in [0.1, 0.15) is 38.8 Å². The van der Waals surface area contributed by atoms with E-state index in [-0.39, 0.29) is 6.10 Å². The van der Waals surface area contributed by atoms with E-state index in [0.29, 0.717) is 17.9 Å². The van der Waals surface area contributed by atoms with E-state index in [4.69, 9.17) is 4.74 Å². The molecular formula is C20H38N2O2+2. The Morgan fingerprint density at radius 1 is 1.25 bits per heavy atom. The topological polar surface area (TPSA) is 38.3 Å². The highest BCUT2D eigenvalue weighted by atomic mass is 16.5. The highest BCUT2D eigenvalue weighted by molar-refractivity contribution is 5.23. The van der Waals surface area contributed by atoms with Crippen molar-refractivity contribution < 1.29 is 19.6 Å². The summed E-state index contributed by atoms with van der Waals surface area (Å²) in [7, 11) is 0. The molecule has 4 rings (SSSR count). The van der Waals surface area contributed by atoms with Gasteiger partial charge in [0.05, 0.1) is 19.8 Å². The molecule has 24 heavy (non-hydrogen) atoms. The molecule has 3 atom stereocenters. The molecule has 0 aromatic heterocycles. The highest BCUT2D eigenvalue weighted by Crippen LogP contribution is 2.59. The van der Waals surface area contributed by atoms with Crippen molar-refractivity contribution in [3.8, 4) is 0 Å². The Balaban J connectivity index is 1.32. The molecule has 0 amide bonds. The van der Waals surface area contributed by atoms with E-state index in [9.17, 15) is 5.11 Å². The van der Waals surface area contributed by atoms with Crippen LogP contribution in [-0.4, -0.2) is 63.7 Å². The number of rotatable bonds is 8. The second kappa shape index (κ2) is 7.86. The predicted molar refractivity (Wildman–Crippen MR) is 96.3 cm³/mol. The SMILES string of the molecule is CCC[NH+]1CC[NH+](C[C@H](O)COCC2=CC[C@H]3C[C@@H]2C3(C)C)CC1. The Morgan fingerprint density at radius 3 is 2.58 bits per heavy atom. The van der Waals surface area contributed by atoms with Gasteiger partial charge in [0, 0.05) is 0 Å². The van der Waals surface area contributed by atoms with Crippen molar-refractivity contribution in [2.75, 3.05) is 52.5 Å². The molecule has 1 saturated heterocycles. The lowest BCUT2D eigenvalue weighted by atomic mass is 9.49. The average Bonchev–Trinajstić information content (AvgIpc) is 2.57. The first-order valence-electron chi connectivity index (χ1n) is 10.1. The van der Waals surface area contributed by atoms with Crippen LogP contribution in [-0.2, 0) is 4.74 Å². The summed E-state index contributed by atoms with van der Waals surface area (Å²) in [5.74, 6) is 1.60. The van der Waals surface area contributed by atoms with Crippen LogP contribution in [0.25, 0.3) is 0 Å². The highest BCUT2D eigenvalue weighted by Gasteiger charge is 2.50. The number of allylic oxidation sites excluding steroid dienone is 1. The fourth-order valence-corrected chi connectivity index (χ4v) is 5.11. The van der Waals surface area contributed by atoms with Gasteiger partial charge in [-0.15, -0.1) is 0 Å². The summed E-state index contributed by atoms with van der Waals surface area (Å²) in [6, 6.07) is 0. The molecule has 0 spiro atoms. The standard InChI is InChI=1S/C20H36N2O2/c1-4-7-21-8-10-22(11-9-21)13-18(23)15-24-14-16-5-6-17-12-19(16)20(17,2)3/h5,17-19,23H,4,6-15H2,1-3H3/p+2/t17-,18-,19-/m0/s1. The van der Waals surface area contributed by atoms with Crippen LogP contribution in [0.15, 0.2) is 11.6 Å². The molecule has 138 valence electrons. The normalized spacial score (nSPS) is 35.9. The monoisotopic (exact) mass is 338 g/mol. The van der Waals surface area contributed by atoms with E-state index in [1.165, 1.54) is 57.6 Å². The van der Waals surface area contributed by atoms with Crippen LogP contribution in [0, 0.1) is 17.3 Å². The van der Waals surface area contributed by atoms with Crippen LogP contribution in [0.4, 0.5) is 0 Å². The first-order valence-corrected chi connectivity index (χ1v) is 10.1. The first-order chi connectivity index (χ1) is 11.5. The molecule has 0 aromatic carbocycles. The van der Waals surface area contributed by atoms with Gasteiger partial charge >= 0.3 is 0 Å². The van der Waals surface area contributed by atoms with Gasteiger partial charge in [-0.1, -0.05) is 26.8 Å². The fraction of sp³-hybridized carbons (Fsp3) is 0.900. The second-order valence-electron chi connectivity index (χ2n) is 8.94. The summed E-state index contributed by atoms with van der Waals surface area (Å²) in [4.78, 5) is 3.28. The van der Waals surface area contributed by atoms with Crippen LogP contribution in [0.5, 0.6) is 0 Å². The zero-order valence-corrected chi connectivity index (χ0v) is 15.9. The number of quaternary nitrogens is 2. The molecular weight excluding hydrogens is 300 g/mol. The summed E-state index contributed by atoms with van der Waals surface area (Å²) < 4.78 is 5.89. The predicted octanol–water partition coefficient (Wildman–Crippen LogP) is -0.450. The van der Waals surface area contributed by atoms with E-state index < -0.39 is 0 Å². The van der Waals surface area contributed by atoms with Crippen LogP contribution in [0.1, 0.15) is 40.0 Å². The lowest BCUT2D eigenvalue weighted by Crippen LogP contribution is -3.28. The minimum Gasteiger partial charge on any atom is -0.385 e. The smallest absolute Gasteiger partial charge is 0.127 e. The fourth-order valence-electron chi connectivity index (χ4n) is 5.11. The van der Waals surface area contributed by atoms with Crippen molar-refractivity contribution in [2.45, 2.75) is 46.1 Å². The molecule has 0 aromatic rings. The second-order valence-corrected chi connectivity index (χ2v) is 8.94. The third-order valence-corrected chi connectivity index (χ3v) is 6.95. The van der Waals surface area contributed by atoms with Crippen LogP contribution in [0.2, 0.25) is 0 Å². The summed E-state index contributed by atoms with van der Waals surface area (Å²) in [5, 5.41) is 10.3. The molecule has 2 fully saturated rings. The third-order valence-electron chi connectivity index (χ3n) is 6.95. The minimum atomic E-state index is -0.320. The summed E-state index contributed by atoms with van der Waals surface area (Å²) in [5.41, 5.74) is 1.95. The van der Waals surface area contributed by atoms with Gasteiger partial charge in [-0.2, -0.15) is 0 Å². The summed E-state index contributed by atoms with van der Waals surface area (Å²) in [6.07, 6.45) is 5.92. The van der Waals surface area contributed by atoms with E-state index in [0.717, 1.165) is 19.1 Å². The number of aliphatic hydroxyl groups excluding tert-OH is 1. The number of nitrogens with one attached hydrogen (secondary N) is 2. The Labute approximate surface area is 147 Å². The molecule has 0 unspecified atom stereocenters. The van der Waals surface area contributed by atoms with E-state index in [1.54, 1.807) is 9.80 Å². The Hall–Kier alpha value is -0.420. The Bertz CT molecular complexity index is 441. The quantitative estimate of drug-likeness (QED) is 0.525. The molecule has 4 aliphatic rings. The molecule has 1 aliphatic heterocycles. The maximum Gasteiger partial charge on any atom is 0.127 e. The van der Waals surface area contributed by atoms with E-state index in [1.807, 2.05) is 0 Å². The third kappa shape index (κ3) is 4.04. The number of ether oxygens (including phenoxy) is 1. The van der Waals surface area contributed by atoms with Crippen molar-refractivity contribution in [1.82, 2.24) is 0 Å². The van der Waals surface area contributed by atoms with Gasteiger partial charge in [0.2, 0.25) is 0 Å². The Morgan fingerprint density at radius 2 is 1.96 bits per heavy atom. The maximum atomic E-state index is 10.3. The molecule has 1 heterocycles. The van der Waals surface area contributed by atoms with Crippen molar-refractivity contribution in [2.24, 2.45) is 17.3 Å². The molecule has 3 aliphatic carbocycles. The van der Waals surface area contributed by atoms with Crippen LogP contribution >= 0.6 is 0 Å². The lowest BCUT2D eigenvalue weighted by molar-refractivity contribution is -1.01. The van der Waals surface area contributed by atoms with Crippen LogP contribution < -0.4 is 9.80 Å². The number of piperazine rings is 1. The maximum absolute atomic E-state index is 10.3. The van der Waals surface area contributed by atoms with Crippen molar-refractivity contribution >= 4 is 0 Å². The molecule has 2 bridgehead atoms. The molecule has 0 radical (unpaired) electrons. The number of hydrogen-bond donors (Lipinski definition) is 3. The van der Waals surface area contributed by atoms with E-state index >= 15 is 0 Å². The van der Waals surface area contributed by atoms with Gasteiger partial charge in [-0.3, -0.25) is 0 Å². The largest absolute Gasteiger partial charge is 0.385 e. The molecule has 4 nitrogen and oxygen atoms in total. The molecule has 4 heteroatoms. The lowest BCUT2D eigenvalue weighted by Gasteiger charge is -2.56. The Kier molecular flexibility index (Phi) is 6.02. The summed E-state index contributed by atoms with van der Waals surface area (Å²) >= 11 is 0. The number of hydrogen-bond acceptors (Lipinski definition) is 2. The average molecular weight is 339 g/mol. The minimum absolute atomic E-state index is 0.320.